The van der Waals surface area contributed by atoms with Gasteiger partial charge in [0.05, 0.1) is 6.61 Å². The highest BCUT2D eigenvalue weighted by atomic mass is 79.9. The molecule has 0 radical (unpaired) electrons. The van der Waals surface area contributed by atoms with Crippen LogP contribution in [0.15, 0.2) is 22.7 Å². The fourth-order valence-corrected chi connectivity index (χ4v) is 2.26. The molecular weight excluding hydrogens is 278 g/mol. The predicted molar refractivity (Wildman–Crippen MR) is 76.3 cm³/mol. The third-order valence-corrected chi connectivity index (χ3v) is 4.06. The minimum atomic E-state index is 0.0255. The van der Waals surface area contributed by atoms with Crippen LogP contribution >= 0.6 is 15.9 Å². The van der Waals surface area contributed by atoms with Gasteiger partial charge in [0.1, 0.15) is 5.75 Å². The Hall–Kier alpha value is -0.540. The molecular formula is C14H22BrNO. The summed E-state index contributed by atoms with van der Waals surface area (Å²) in [6.07, 6.45) is 1.05. The molecule has 2 nitrogen and oxygen atoms in total. The second-order valence-corrected chi connectivity index (χ2v) is 5.79. The highest BCUT2D eigenvalue weighted by Gasteiger charge is 2.27. The van der Waals surface area contributed by atoms with Gasteiger partial charge < -0.3 is 10.5 Å². The number of hydrogen-bond acceptors (Lipinski definition) is 2. The Bertz CT molecular complexity index is 376. The van der Waals surface area contributed by atoms with Gasteiger partial charge in [-0.1, -0.05) is 42.8 Å². The molecule has 0 amide bonds. The average molecular weight is 300 g/mol. The van der Waals surface area contributed by atoms with Crippen molar-refractivity contribution in [2.24, 2.45) is 11.1 Å². The van der Waals surface area contributed by atoms with Crippen LogP contribution in [0.3, 0.4) is 0 Å². The SMILES string of the molecule is CCOc1ccc(C(N)C(C)(C)CC)c(Br)c1. The Morgan fingerprint density at radius 2 is 2.00 bits per heavy atom. The van der Waals surface area contributed by atoms with Crippen molar-refractivity contribution < 1.29 is 4.74 Å². The van der Waals surface area contributed by atoms with Crippen LogP contribution < -0.4 is 10.5 Å². The predicted octanol–water partition coefficient (Wildman–Crippen LogP) is 4.28. The maximum absolute atomic E-state index is 6.34. The summed E-state index contributed by atoms with van der Waals surface area (Å²) in [6.45, 7) is 9.22. The van der Waals surface area contributed by atoms with Crippen molar-refractivity contribution in [3.05, 3.63) is 28.2 Å². The Morgan fingerprint density at radius 3 is 2.47 bits per heavy atom. The summed E-state index contributed by atoms with van der Waals surface area (Å²) < 4.78 is 6.49. The Balaban J connectivity index is 2.99. The fourth-order valence-electron chi connectivity index (χ4n) is 1.66. The highest BCUT2D eigenvalue weighted by Crippen LogP contribution is 2.38. The molecule has 0 spiro atoms. The van der Waals surface area contributed by atoms with Crippen molar-refractivity contribution in [2.75, 3.05) is 6.61 Å². The molecule has 0 bridgehead atoms. The lowest BCUT2D eigenvalue weighted by molar-refractivity contribution is 0.277. The summed E-state index contributed by atoms with van der Waals surface area (Å²) >= 11 is 3.58. The van der Waals surface area contributed by atoms with E-state index in [9.17, 15) is 0 Å². The Morgan fingerprint density at radius 1 is 1.35 bits per heavy atom. The zero-order valence-corrected chi connectivity index (χ0v) is 12.7. The molecule has 0 aliphatic carbocycles. The van der Waals surface area contributed by atoms with Crippen molar-refractivity contribution in [3.8, 4) is 5.75 Å². The molecule has 0 saturated carbocycles. The van der Waals surface area contributed by atoms with E-state index in [4.69, 9.17) is 10.5 Å². The van der Waals surface area contributed by atoms with E-state index in [0.717, 1.165) is 22.2 Å². The van der Waals surface area contributed by atoms with Crippen LogP contribution in [0.2, 0.25) is 0 Å². The minimum Gasteiger partial charge on any atom is -0.494 e. The van der Waals surface area contributed by atoms with Gasteiger partial charge in [0.2, 0.25) is 0 Å². The molecule has 17 heavy (non-hydrogen) atoms. The molecule has 2 N–H and O–H groups in total. The van der Waals surface area contributed by atoms with E-state index >= 15 is 0 Å². The minimum absolute atomic E-state index is 0.0255. The van der Waals surface area contributed by atoms with Gasteiger partial charge in [-0.15, -0.1) is 0 Å². The lowest BCUT2D eigenvalue weighted by atomic mass is 9.79. The largest absolute Gasteiger partial charge is 0.494 e. The third kappa shape index (κ3) is 3.46. The molecule has 3 heteroatoms. The van der Waals surface area contributed by atoms with Crippen LogP contribution in [-0.2, 0) is 0 Å². The fraction of sp³-hybridized carbons (Fsp3) is 0.571. The number of hydrogen-bond donors (Lipinski definition) is 1. The first-order chi connectivity index (χ1) is 7.92. The standard InChI is InChI=1S/C14H22BrNO/c1-5-14(3,4)13(16)11-8-7-10(17-6-2)9-12(11)15/h7-9,13H,5-6,16H2,1-4H3. The number of benzene rings is 1. The third-order valence-electron chi connectivity index (χ3n) is 3.37. The summed E-state index contributed by atoms with van der Waals surface area (Å²) in [5.41, 5.74) is 7.57. The Labute approximate surface area is 113 Å². The van der Waals surface area contributed by atoms with Crippen LogP contribution in [0.4, 0.5) is 0 Å². The van der Waals surface area contributed by atoms with Crippen molar-refractivity contribution in [2.45, 2.75) is 40.2 Å². The summed E-state index contributed by atoms with van der Waals surface area (Å²) in [5, 5.41) is 0. The van der Waals surface area contributed by atoms with Crippen LogP contribution in [0.1, 0.15) is 45.7 Å². The van der Waals surface area contributed by atoms with Gasteiger partial charge in [0, 0.05) is 10.5 Å². The molecule has 0 saturated heterocycles. The quantitative estimate of drug-likeness (QED) is 0.880. The Kier molecular flexibility index (Phi) is 5.02. The van der Waals surface area contributed by atoms with Crippen LogP contribution in [0, 0.1) is 5.41 Å². The zero-order chi connectivity index (χ0) is 13.1. The van der Waals surface area contributed by atoms with E-state index < -0.39 is 0 Å². The van der Waals surface area contributed by atoms with Gasteiger partial charge in [0.15, 0.2) is 0 Å². The molecule has 1 aromatic rings. The molecule has 0 aliphatic rings. The molecule has 1 rings (SSSR count). The molecule has 1 atom stereocenters. The maximum Gasteiger partial charge on any atom is 0.120 e. The monoisotopic (exact) mass is 299 g/mol. The molecule has 96 valence electrons. The van der Waals surface area contributed by atoms with Gasteiger partial charge in [-0.25, -0.2) is 0 Å². The molecule has 0 aromatic heterocycles. The second kappa shape index (κ2) is 5.87. The lowest BCUT2D eigenvalue weighted by Crippen LogP contribution is -2.28. The smallest absolute Gasteiger partial charge is 0.120 e. The first-order valence-electron chi connectivity index (χ1n) is 6.10. The summed E-state index contributed by atoms with van der Waals surface area (Å²) in [6, 6.07) is 6.05. The molecule has 1 aromatic carbocycles. The number of halogens is 1. The van der Waals surface area contributed by atoms with Gasteiger partial charge in [0.25, 0.3) is 0 Å². The molecule has 1 unspecified atom stereocenters. The normalized spacial score (nSPS) is 13.5. The van der Waals surface area contributed by atoms with E-state index in [2.05, 4.69) is 42.8 Å². The molecule has 0 fully saturated rings. The molecule has 0 aliphatic heterocycles. The van der Waals surface area contributed by atoms with Crippen molar-refractivity contribution >= 4 is 15.9 Å². The van der Waals surface area contributed by atoms with Gasteiger partial charge in [-0.05, 0) is 36.5 Å². The van der Waals surface area contributed by atoms with E-state index in [1.807, 2.05) is 19.1 Å². The van der Waals surface area contributed by atoms with Crippen LogP contribution in [0.5, 0.6) is 5.75 Å². The first kappa shape index (κ1) is 14.5. The average Bonchev–Trinajstić information content (AvgIpc) is 2.29. The first-order valence-corrected chi connectivity index (χ1v) is 6.89. The van der Waals surface area contributed by atoms with Crippen molar-refractivity contribution in [1.82, 2.24) is 0 Å². The topological polar surface area (TPSA) is 35.2 Å². The van der Waals surface area contributed by atoms with Crippen LogP contribution in [-0.4, -0.2) is 6.61 Å². The summed E-state index contributed by atoms with van der Waals surface area (Å²) in [4.78, 5) is 0. The van der Waals surface area contributed by atoms with Crippen molar-refractivity contribution in [1.29, 1.82) is 0 Å². The second-order valence-electron chi connectivity index (χ2n) is 4.94. The van der Waals surface area contributed by atoms with E-state index in [1.165, 1.54) is 0 Å². The van der Waals surface area contributed by atoms with E-state index in [-0.39, 0.29) is 11.5 Å². The summed E-state index contributed by atoms with van der Waals surface area (Å²) in [7, 11) is 0. The maximum atomic E-state index is 6.34. The number of nitrogens with two attached hydrogens (primary N) is 1. The van der Waals surface area contributed by atoms with E-state index in [1.54, 1.807) is 0 Å². The zero-order valence-electron chi connectivity index (χ0n) is 11.1. The van der Waals surface area contributed by atoms with Crippen molar-refractivity contribution in [3.63, 3.8) is 0 Å². The number of ether oxygens (including phenoxy) is 1. The van der Waals surface area contributed by atoms with Gasteiger partial charge >= 0.3 is 0 Å². The van der Waals surface area contributed by atoms with E-state index in [0.29, 0.717) is 6.61 Å². The van der Waals surface area contributed by atoms with Gasteiger partial charge in [-0.2, -0.15) is 0 Å². The number of rotatable bonds is 5. The van der Waals surface area contributed by atoms with Gasteiger partial charge in [-0.3, -0.25) is 0 Å². The molecule has 0 heterocycles. The lowest BCUT2D eigenvalue weighted by Gasteiger charge is -2.31. The van der Waals surface area contributed by atoms with Crippen LogP contribution in [0.25, 0.3) is 0 Å². The summed E-state index contributed by atoms with van der Waals surface area (Å²) in [5.74, 6) is 0.879. The highest BCUT2D eigenvalue weighted by molar-refractivity contribution is 9.10.